The fourth-order valence-corrected chi connectivity index (χ4v) is 4.00. The van der Waals surface area contributed by atoms with Gasteiger partial charge in [0.15, 0.2) is 0 Å². The Morgan fingerprint density at radius 1 is 0.741 bits per heavy atom. The highest BCUT2D eigenvalue weighted by Crippen LogP contribution is 2.17. The molecule has 0 aliphatic carbocycles. The van der Waals surface area contributed by atoms with Crippen molar-refractivity contribution in [1.29, 1.82) is 0 Å². The van der Waals surface area contributed by atoms with Gasteiger partial charge in [-0.05, 0) is 25.0 Å². The predicted octanol–water partition coefficient (Wildman–Crippen LogP) is 6.98. The number of aliphatic hydroxyl groups excluding tert-OH is 1. The fraction of sp³-hybridized carbons (Fsp3) is 0.750. The molecule has 1 atom stereocenters. The van der Waals surface area contributed by atoms with Gasteiger partial charge in [-0.3, -0.25) is 0 Å². The Kier molecular flexibility index (Phi) is 13.9. The molecule has 1 aromatic carbocycles. The lowest BCUT2D eigenvalue weighted by atomic mass is 10.0. The van der Waals surface area contributed by atoms with E-state index in [0.29, 0.717) is 0 Å². The normalized spacial score (nSPS) is 13.6. The molecule has 0 aliphatic heterocycles. The molecule has 3 heteroatoms. The van der Waals surface area contributed by atoms with Crippen molar-refractivity contribution in [2.75, 3.05) is 26.7 Å². The average Bonchev–Trinajstić information content (AvgIpc) is 2.65. The third kappa shape index (κ3) is 12.5. The molecule has 0 saturated carbocycles. The molecule has 1 unspecified atom stereocenters. The number of rotatable bonds is 17. The smallest absolute Gasteiger partial charge is 0.104 e. The highest BCUT2D eigenvalue weighted by atomic mass is 35.5. The summed E-state index contributed by atoms with van der Waals surface area (Å²) in [7, 11) is 2.27. The van der Waals surface area contributed by atoms with Gasteiger partial charge in [-0.25, -0.2) is 0 Å². The first-order valence-electron chi connectivity index (χ1n) is 11.3. The maximum atomic E-state index is 9.48. The quantitative estimate of drug-likeness (QED) is 0.222. The molecule has 1 N–H and O–H groups in total. The maximum absolute atomic E-state index is 9.48. The summed E-state index contributed by atoms with van der Waals surface area (Å²) >= 11 is 5.99. The van der Waals surface area contributed by atoms with Gasteiger partial charge in [0, 0.05) is 10.6 Å². The summed E-state index contributed by atoms with van der Waals surface area (Å²) in [5.41, 5.74) is 1.30. The molecule has 0 spiro atoms. The second-order valence-corrected chi connectivity index (χ2v) is 8.90. The van der Waals surface area contributed by atoms with E-state index in [1.54, 1.807) is 0 Å². The second-order valence-electron chi connectivity index (χ2n) is 8.46. The zero-order chi connectivity index (χ0) is 19.8. The first kappa shape index (κ1) is 24.5. The molecule has 2 nitrogen and oxygen atoms in total. The van der Waals surface area contributed by atoms with Crippen molar-refractivity contribution in [2.45, 2.75) is 90.5 Å². The molecule has 0 bridgehead atoms. The molecule has 0 amide bonds. The van der Waals surface area contributed by atoms with E-state index in [0.717, 1.165) is 29.1 Å². The minimum atomic E-state index is 0.252. The van der Waals surface area contributed by atoms with E-state index in [4.69, 9.17) is 11.6 Å². The number of quaternary nitrogens is 1. The number of likely N-dealkylation sites (N-methyl/N-ethyl adjacent to an activating group) is 1. The van der Waals surface area contributed by atoms with Crippen LogP contribution < -0.4 is 0 Å². The number of nitrogens with zero attached hydrogens (tertiary/aromatic N) is 1. The van der Waals surface area contributed by atoms with Crippen LogP contribution in [-0.2, 0) is 6.54 Å². The van der Waals surface area contributed by atoms with Crippen LogP contribution in [0.15, 0.2) is 24.3 Å². The lowest BCUT2D eigenvalue weighted by Gasteiger charge is -2.34. The van der Waals surface area contributed by atoms with E-state index in [-0.39, 0.29) is 6.61 Å². The largest absolute Gasteiger partial charge is 0.391 e. The lowest BCUT2D eigenvalue weighted by Crippen LogP contribution is -2.46. The van der Waals surface area contributed by atoms with Crippen molar-refractivity contribution in [1.82, 2.24) is 0 Å². The van der Waals surface area contributed by atoms with E-state index >= 15 is 0 Å². The lowest BCUT2D eigenvalue weighted by molar-refractivity contribution is -0.923. The maximum Gasteiger partial charge on any atom is 0.104 e. The fourth-order valence-electron chi connectivity index (χ4n) is 3.88. The number of unbranched alkanes of at least 4 members (excludes halogenated alkanes) is 11. The van der Waals surface area contributed by atoms with E-state index < -0.39 is 0 Å². The van der Waals surface area contributed by atoms with Gasteiger partial charge in [-0.2, -0.15) is 0 Å². The molecule has 0 aromatic heterocycles. The summed E-state index contributed by atoms with van der Waals surface area (Å²) in [5.74, 6) is 0. The van der Waals surface area contributed by atoms with Gasteiger partial charge in [-0.1, -0.05) is 94.9 Å². The SMILES string of the molecule is CCCCCCCCCCCCCC[N+](C)(CCO)Cc1ccc(Cl)cc1. The first-order chi connectivity index (χ1) is 13.1. The van der Waals surface area contributed by atoms with Crippen molar-refractivity contribution >= 4 is 11.6 Å². The number of hydrogen-bond donors (Lipinski definition) is 1. The van der Waals surface area contributed by atoms with E-state index in [1.807, 2.05) is 12.1 Å². The molecule has 0 saturated heterocycles. The Hall–Kier alpha value is -0.570. The van der Waals surface area contributed by atoms with Crippen LogP contribution in [-0.4, -0.2) is 36.3 Å². The van der Waals surface area contributed by atoms with Gasteiger partial charge in [-0.15, -0.1) is 0 Å². The number of aliphatic hydroxyl groups is 1. The van der Waals surface area contributed by atoms with Crippen LogP contribution in [0.25, 0.3) is 0 Å². The molecular weight excluding hydrogens is 354 g/mol. The van der Waals surface area contributed by atoms with Gasteiger partial charge in [0.1, 0.15) is 13.1 Å². The molecule has 27 heavy (non-hydrogen) atoms. The molecule has 0 radical (unpaired) electrons. The van der Waals surface area contributed by atoms with E-state index in [1.165, 1.54) is 82.6 Å². The monoisotopic (exact) mass is 396 g/mol. The number of halogens is 1. The minimum Gasteiger partial charge on any atom is -0.391 e. The molecule has 156 valence electrons. The second kappa shape index (κ2) is 15.4. The van der Waals surface area contributed by atoms with Gasteiger partial charge in [0.05, 0.1) is 20.2 Å². The van der Waals surface area contributed by atoms with Crippen LogP contribution >= 0.6 is 11.6 Å². The summed E-state index contributed by atoms with van der Waals surface area (Å²) in [6.07, 6.45) is 16.6. The minimum absolute atomic E-state index is 0.252. The topological polar surface area (TPSA) is 20.2 Å². The van der Waals surface area contributed by atoms with Gasteiger partial charge in [0.25, 0.3) is 0 Å². The molecule has 1 aromatic rings. The summed E-state index contributed by atoms with van der Waals surface area (Å²) in [6, 6.07) is 8.14. The van der Waals surface area contributed by atoms with Crippen molar-refractivity contribution in [3.63, 3.8) is 0 Å². The van der Waals surface area contributed by atoms with Crippen LogP contribution in [0.1, 0.15) is 89.5 Å². The Labute approximate surface area is 173 Å². The van der Waals surface area contributed by atoms with Crippen molar-refractivity contribution in [2.24, 2.45) is 0 Å². The Morgan fingerprint density at radius 2 is 1.22 bits per heavy atom. The zero-order valence-corrected chi connectivity index (χ0v) is 18.7. The molecule has 0 aliphatic rings. The van der Waals surface area contributed by atoms with Crippen LogP contribution in [0, 0.1) is 0 Å². The Balaban J connectivity index is 2.11. The third-order valence-corrected chi connectivity index (χ3v) is 5.92. The summed E-state index contributed by atoms with van der Waals surface area (Å²) in [6.45, 7) is 5.46. The number of hydrogen-bond acceptors (Lipinski definition) is 1. The van der Waals surface area contributed by atoms with Crippen LogP contribution in [0.5, 0.6) is 0 Å². The van der Waals surface area contributed by atoms with Crippen molar-refractivity contribution < 1.29 is 9.59 Å². The highest BCUT2D eigenvalue weighted by molar-refractivity contribution is 6.30. The van der Waals surface area contributed by atoms with E-state index in [2.05, 4.69) is 26.1 Å². The third-order valence-electron chi connectivity index (χ3n) is 5.67. The van der Waals surface area contributed by atoms with Gasteiger partial charge < -0.3 is 9.59 Å². The summed E-state index contributed by atoms with van der Waals surface area (Å²) in [5, 5.41) is 10.3. The highest BCUT2D eigenvalue weighted by Gasteiger charge is 2.21. The van der Waals surface area contributed by atoms with Gasteiger partial charge >= 0.3 is 0 Å². The molecular formula is C24H43ClNO+. The van der Waals surface area contributed by atoms with Gasteiger partial charge in [0.2, 0.25) is 0 Å². The van der Waals surface area contributed by atoms with Crippen LogP contribution in [0.4, 0.5) is 0 Å². The van der Waals surface area contributed by atoms with E-state index in [9.17, 15) is 5.11 Å². The zero-order valence-electron chi connectivity index (χ0n) is 17.9. The predicted molar refractivity (Wildman–Crippen MR) is 119 cm³/mol. The van der Waals surface area contributed by atoms with Crippen LogP contribution in [0.2, 0.25) is 5.02 Å². The first-order valence-corrected chi connectivity index (χ1v) is 11.7. The Bertz CT molecular complexity index is 462. The molecule has 0 fully saturated rings. The summed E-state index contributed by atoms with van der Waals surface area (Å²) in [4.78, 5) is 0. The van der Waals surface area contributed by atoms with Crippen molar-refractivity contribution in [3.05, 3.63) is 34.9 Å². The van der Waals surface area contributed by atoms with Crippen molar-refractivity contribution in [3.8, 4) is 0 Å². The summed E-state index contributed by atoms with van der Waals surface area (Å²) < 4.78 is 0.913. The number of benzene rings is 1. The van der Waals surface area contributed by atoms with Crippen LogP contribution in [0.3, 0.4) is 0 Å². The Morgan fingerprint density at radius 3 is 1.70 bits per heavy atom. The standard InChI is InChI=1S/C24H43ClNO/c1-3-4-5-6-7-8-9-10-11-12-13-14-19-26(2,20-21-27)22-23-15-17-24(25)18-16-23/h15-18,27H,3-14,19-22H2,1-2H3/q+1. The molecule has 0 heterocycles. The molecule has 1 rings (SSSR count). The average molecular weight is 397 g/mol.